The average molecular weight is 434 g/mol. The SMILES string of the molecule is CCOC1([Si](C)(C)C2=[C-]CC=C2)CC=C(C)C=C1C(C)(C)C.[Cl-].[Cl-].[Ti+3]. The van der Waals surface area contributed by atoms with Gasteiger partial charge in [-0.2, -0.15) is 6.08 Å². The molecule has 139 valence electrons. The van der Waals surface area contributed by atoms with Crippen LogP contribution in [0.15, 0.2) is 40.6 Å². The maximum atomic E-state index is 6.59. The van der Waals surface area contributed by atoms with Gasteiger partial charge in [0, 0.05) is 6.61 Å². The molecule has 25 heavy (non-hydrogen) atoms. The predicted molar refractivity (Wildman–Crippen MR) is 98.3 cm³/mol. The van der Waals surface area contributed by atoms with Crippen molar-refractivity contribution in [3.63, 3.8) is 0 Å². The standard InChI is InChI=1S/C20H31OSi.2ClH.Ti/c1-8-21-20(22(6,7)17-11-9-10-12-17)14-13-16(2)15-18(20)19(3,4)5;;;/h9,11,13,15H,8,10,14H2,1-7H3;2*1H;/q-1;;;+3/p-2. The molecule has 0 bridgehead atoms. The van der Waals surface area contributed by atoms with Gasteiger partial charge in [-0.1, -0.05) is 51.6 Å². The molecule has 0 aromatic carbocycles. The van der Waals surface area contributed by atoms with Crippen LogP contribution in [0.4, 0.5) is 0 Å². The molecule has 1 unspecified atom stereocenters. The molecule has 0 aromatic heterocycles. The van der Waals surface area contributed by atoms with Crippen molar-refractivity contribution < 1.29 is 51.3 Å². The van der Waals surface area contributed by atoms with Gasteiger partial charge in [0.05, 0.1) is 13.3 Å². The van der Waals surface area contributed by atoms with Crippen molar-refractivity contribution in [1.82, 2.24) is 0 Å². The molecule has 1 atom stereocenters. The van der Waals surface area contributed by atoms with Crippen molar-refractivity contribution >= 4 is 8.07 Å². The van der Waals surface area contributed by atoms with E-state index in [1.165, 1.54) is 16.3 Å². The fourth-order valence-electron chi connectivity index (χ4n) is 3.85. The Kier molecular flexibility index (Phi) is 11.2. The first kappa shape index (κ1) is 27.6. The molecule has 5 heteroatoms. The van der Waals surface area contributed by atoms with E-state index < -0.39 is 8.07 Å². The van der Waals surface area contributed by atoms with E-state index in [4.69, 9.17) is 4.74 Å². The van der Waals surface area contributed by atoms with Crippen LogP contribution in [0.2, 0.25) is 13.1 Å². The number of hydrogen-bond acceptors (Lipinski definition) is 1. The Morgan fingerprint density at radius 3 is 2.28 bits per heavy atom. The Hall–Kier alpha value is 0.431. The van der Waals surface area contributed by atoms with Crippen molar-refractivity contribution in [3.05, 3.63) is 46.7 Å². The van der Waals surface area contributed by atoms with Crippen LogP contribution in [-0.4, -0.2) is 19.9 Å². The molecule has 1 radical (unpaired) electrons. The van der Waals surface area contributed by atoms with E-state index >= 15 is 0 Å². The fourth-order valence-corrected chi connectivity index (χ4v) is 7.60. The monoisotopic (exact) mass is 433 g/mol. The summed E-state index contributed by atoms with van der Waals surface area (Å²) in [7, 11) is -1.86. The van der Waals surface area contributed by atoms with Crippen LogP contribution < -0.4 is 24.8 Å². The molecule has 0 spiro atoms. The van der Waals surface area contributed by atoms with Gasteiger partial charge in [-0.3, -0.25) is 6.08 Å². The van der Waals surface area contributed by atoms with Gasteiger partial charge < -0.3 is 29.6 Å². The summed E-state index contributed by atoms with van der Waals surface area (Å²) >= 11 is 0. The molecule has 0 aromatic rings. The summed E-state index contributed by atoms with van der Waals surface area (Å²) in [6.07, 6.45) is 14.8. The van der Waals surface area contributed by atoms with Crippen LogP contribution in [0, 0.1) is 11.5 Å². The summed E-state index contributed by atoms with van der Waals surface area (Å²) in [5, 5.41) is 1.26. The molecule has 0 saturated heterocycles. The molecule has 1 nitrogen and oxygen atoms in total. The molecule has 0 amide bonds. The Bertz CT molecular complexity index is 571. The summed E-state index contributed by atoms with van der Waals surface area (Å²) in [6, 6.07) is 0. The molecule has 2 aliphatic rings. The van der Waals surface area contributed by atoms with Crippen LogP contribution in [0.1, 0.15) is 47.5 Å². The van der Waals surface area contributed by atoms with Gasteiger partial charge in [-0.25, -0.2) is 11.3 Å². The van der Waals surface area contributed by atoms with Crippen molar-refractivity contribution in [1.29, 1.82) is 0 Å². The van der Waals surface area contributed by atoms with E-state index in [0.29, 0.717) is 0 Å². The second kappa shape index (κ2) is 10.1. The van der Waals surface area contributed by atoms with Gasteiger partial charge in [0.25, 0.3) is 0 Å². The molecule has 0 aliphatic heterocycles. The number of halogens is 2. The average Bonchev–Trinajstić information content (AvgIpc) is 2.94. The molecular formula is C20H31Cl2OSiTi. The first-order valence-corrected chi connectivity index (χ1v) is 11.5. The first-order chi connectivity index (χ1) is 10.1. The number of ether oxygens (including phenoxy) is 1. The Morgan fingerprint density at radius 1 is 1.24 bits per heavy atom. The Labute approximate surface area is 183 Å². The first-order valence-electron chi connectivity index (χ1n) is 8.46. The van der Waals surface area contributed by atoms with Gasteiger partial charge in [0.15, 0.2) is 0 Å². The van der Waals surface area contributed by atoms with Crippen LogP contribution in [0.3, 0.4) is 0 Å². The normalized spacial score (nSPS) is 22.8. The van der Waals surface area contributed by atoms with Gasteiger partial charge in [-0.15, -0.1) is 6.42 Å². The summed E-state index contributed by atoms with van der Waals surface area (Å²) in [6.45, 7) is 16.9. The minimum atomic E-state index is -1.86. The Morgan fingerprint density at radius 2 is 1.84 bits per heavy atom. The quantitative estimate of drug-likeness (QED) is 0.431. The van der Waals surface area contributed by atoms with E-state index in [1.807, 2.05) is 0 Å². The second-order valence-corrected chi connectivity index (χ2v) is 12.6. The summed E-state index contributed by atoms with van der Waals surface area (Å²) < 4.78 is 6.59. The number of allylic oxidation sites excluding steroid dienone is 6. The maximum Gasteiger partial charge on any atom is 3.00 e. The fraction of sp³-hybridized carbons (Fsp3) is 0.600. The number of hydrogen-bond donors (Lipinski definition) is 0. The van der Waals surface area contributed by atoms with Crippen molar-refractivity contribution in [2.45, 2.75) is 65.8 Å². The van der Waals surface area contributed by atoms with Crippen LogP contribution in [0.5, 0.6) is 0 Å². The van der Waals surface area contributed by atoms with Crippen molar-refractivity contribution in [2.24, 2.45) is 5.41 Å². The maximum absolute atomic E-state index is 6.59. The van der Waals surface area contributed by atoms with E-state index in [0.717, 1.165) is 19.4 Å². The van der Waals surface area contributed by atoms with E-state index in [1.54, 1.807) is 0 Å². The van der Waals surface area contributed by atoms with Gasteiger partial charge in [0.1, 0.15) is 0 Å². The van der Waals surface area contributed by atoms with E-state index in [9.17, 15) is 0 Å². The second-order valence-electron chi connectivity index (χ2n) is 8.04. The zero-order chi connectivity index (χ0) is 16.6. The van der Waals surface area contributed by atoms with Gasteiger partial charge in [-0.05, 0) is 31.3 Å². The Balaban J connectivity index is 0. The number of rotatable bonds is 4. The largest absolute Gasteiger partial charge is 3.00 e. The minimum Gasteiger partial charge on any atom is -1.00 e. The molecule has 0 heterocycles. The third-order valence-electron chi connectivity index (χ3n) is 5.10. The van der Waals surface area contributed by atoms with E-state index in [2.05, 4.69) is 78.1 Å². The zero-order valence-corrected chi connectivity index (χ0v) is 20.7. The molecule has 0 fully saturated rings. The molecular weight excluding hydrogens is 403 g/mol. The minimum absolute atomic E-state index is 0. The predicted octanol–water partition coefficient (Wildman–Crippen LogP) is -0.434. The molecule has 2 aliphatic carbocycles. The van der Waals surface area contributed by atoms with Crippen LogP contribution in [0.25, 0.3) is 0 Å². The van der Waals surface area contributed by atoms with Gasteiger partial charge in [0.2, 0.25) is 0 Å². The van der Waals surface area contributed by atoms with Crippen LogP contribution in [-0.2, 0) is 26.5 Å². The van der Waals surface area contributed by atoms with Crippen LogP contribution >= 0.6 is 0 Å². The smallest absolute Gasteiger partial charge is 1.00 e. The summed E-state index contributed by atoms with van der Waals surface area (Å²) in [4.78, 5) is 0. The molecule has 0 N–H and O–H groups in total. The van der Waals surface area contributed by atoms with E-state index in [-0.39, 0.29) is 57.2 Å². The zero-order valence-electron chi connectivity index (χ0n) is 16.6. The van der Waals surface area contributed by atoms with Crippen molar-refractivity contribution in [2.75, 3.05) is 6.61 Å². The molecule has 2 rings (SSSR count). The van der Waals surface area contributed by atoms with Crippen molar-refractivity contribution in [3.8, 4) is 0 Å². The third kappa shape index (κ3) is 5.24. The third-order valence-corrected chi connectivity index (χ3v) is 9.42. The summed E-state index contributed by atoms with van der Waals surface area (Å²) in [5.41, 5.74) is 2.94. The molecule has 0 saturated carbocycles. The topological polar surface area (TPSA) is 9.23 Å². The van der Waals surface area contributed by atoms with Gasteiger partial charge >= 0.3 is 21.7 Å². The summed E-state index contributed by atoms with van der Waals surface area (Å²) in [5.74, 6) is 0.